The zero-order valence-corrected chi connectivity index (χ0v) is 14.7. The number of benzene rings is 1. The van der Waals surface area contributed by atoms with Crippen LogP contribution in [0, 0.1) is 13.8 Å². The van der Waals surface area contributed by atoms with Gasteiger partial charge in [-0.05, 0) is 50.7 Å². The average molecular weight is 336 g/mol. The number of carbonyl (C=O) groups is 1. The summed E-state index contributed by atoms with van der Waals surface area (Å²) in [6.07, 6.45) is 9.67. The maximum atomic E-state index is 13.1. The van der Waals surface area contributed by atoms with E-state index in [0.29, 0.717) is 6.04 Å². The van der Waals surface area contributed by atoms with Gasteiger partial charge in [-0.3, -0.25) is 4.79 Å². The van der Waals surface area contributed by atoms with Crippen molar-refractivity contribution in [2.75, 3.05) is 0 Å². The highest BCUT2D eigenvalue weighted by atomic mass is 16.1. The monoisotopic (exact) mass is 336 g/mol. The predicted octanol–water partition coefficient (Wildman–Crippen LogP) is 2.85. The lowest BCUT2D eigenvalue weighted by Crippen LogP contribution is -2.50. The fourth-order valence-corrected chi connectivity index (χ4v) is 4.58. The van der Waals surface area contributed by atoms with E-state index in [9.17, 15) is 4.79 Å². The molecule has 1 unspecified atom stereocenters. The molecule has 0 saturated carbocycles. The second kappa shape index (κ2) is 6.23. The quantitative estimate of drug-likeness (QED) is 0.901. The summed E-state index contributed by atoms with van der Waals surface area (Å²) in [5.74, 6) is -0.0176. The number of aromatic nitrogens is 2. The van der Waals surface area contributed by atoms with Crippen molar-refractivity contribution >= 4 is 5.91 Å². The molecule has 2 aromatic rings. The second-order valence-corrected chi connectivity index (χ2v) is 7.42. The molecule has 0 aliphatic carbocycles. The number of fused-ring (bicyclic) bond motifs is 2. The first kappa shape index (κ1) is 16.2. The standard InChI is InChI=1S/C20H24N4O/c1-13-4-3-5-14(2)17(13)19(25)23-18(15-10-21-12-22-11-15)20-8-6-16(24-20)7-9-20/h3-5,10-12,16,18,24H,6-9H2,1-2H3,(H,23,25). The minimum Gasteiger partial charge on any atom is -0.343 e. The van der Waals surface area contributed by atoms with Gasteiger partial charge < -0.3 is 10.6 Å². The van der Waals surface area contributed by atoms with Crippen LogP contribution in [0.4, 0.5) is 0 Å². The van der Waals surface area contributed by atoms with Crippen molar-refractivity contribution in [3.8, 4) is 0 Å². The van der Waals surface area contributed by atoms with Gasteiger partial charge in [-0.15, -0.1) is 0 Å². The smallest absolute Gasteiger partial charge is 0.252 e. The Hall–Kier alpha value is -2.27. The highest BCUT2D eigenvalue weighted by molar-refractivity contribution is 5.97. The number of aryl methyl sites for hydroxylation is 2. The second-order valence-electron chi connectivity index (χ2n) is 7.42. The minimum absolute atomic E-state index is 0.0176. The molecule has 130 valence electrons. The Balaban J connectivity index is 1.69. The highest BCUT2D eigenvalue weighted by Gasteiger charge is 2.50. The van der Waals surface area contributed by atoms with Crippen LogP contribution in [-0.2, 0) is 0 Å². The van der Waals surface area contributed by atoms with Crippen LogP contribution < -0.4 is 10.6 Å². The van der Waals surface area contributed by atoms with Crippen LogP contribution in [0.3, 0.4) is 0 Å². The van der Waals surface area contributed by atoms with Gasteiger partial charge in [0.15, 0.2) is 0 Å². The molecular formula is C20H24N4O. The van der Waals surface area contributed by atoms with Crippen LogP contribution in [-0.4, -0.2) is 27.5 Å². The number of hydrogen-bond donors (Lipinski definition) is 2. The maximum absolute atomic E-state index is 13.1. The van der Waals surface area contributed by atoms with Gasteiger partial charge in [0.1, 0.15) is 6.33 Å². The first-order valence-corrected chi connectivity index (χ1v) is 8.99. The number of rotatable bonds is 4. The summed E-state index contributed by atoms with van der Waals surface area (Å²) in [6.45, 7) is 3.97. The van der Waals surface area contributed by atoms with Crippen LogP contribution >= 0.6 is 0 Å². The van der Waals surface area contributed by atoms with E-state index < -0.39 is 0 Å². The lowest BCUT2D eigenvalue weighted by atomic mass is 9.79. The van der Waals surface area contributed by atoms with Gasteiger partial charge in [-0.1, -0.05) is 18.2 Å². The molecule has 0 spiro atoms. The maximum Gasteiger partial charge on any atom is 0.252 e. The zero-order chi connectivity index (χ0) is 17.4. The van der Waals surface area contributed by atoms with E-state index >= 15 is 0 Å². The van der Waals surface area contributed by atoms with Crippen LogP contribution in [0.25, 0.3) is 0 Å². The van der Waals surface area contributed by atoms with Crippen LogP contribution in [0.1, 0.15) is 58.8 Å². The summed E-state index contributed by atoms with van der Waals surface area (Å²) in [7, 11) is 0. The molecule has 2 saturated heterocycles. The van der Waals surface area contributed by atoms with E-state index in [4.69, 9.17) is 0 Å². The number of nitrogens with zero attached hydrogens (tertiary/aromatic N) is 2. The molecule has 5 heteroatoms. The molecule has 1 amide bonds. The summed E-state index contributed by atoms with van der Waals surface area (Å²) in [4.78, 5) is 21.5. The third-order valence-electron chi connectivity index (χ3n) is 5.82. The molecule has 2 aliphatic rings. The van der Waals surface area contributed by atoms with E-state index in [2.05, 4.69) is 20.6 Å². The van der Waals surface area contributed by atoms with Crippen molar-refractivity contribution in [3.63, 3.8) is 0 Å². The Morgan fingerprint density at radius 1 is 1.20 bits per heavy atom. The van der Waals surface area contributed by atoms with Crippen LogP contribution in [0.5, 0.6) is 0 Å². The van der Waals surface area contributed by atoms with Crippen LogP contribution in [0.2, 0.25) is 0 Å². The number of amides is 1. The van der Waals surface area contributed by atoms with Crippen molar-refractivity contribution < 1.29 is 4.79 Å². The SMILES string of the molecule is Cc1cccc(C)c1C(=O)NC(c1cncnc1)C12CCC(CC1)N2. The van der Waals surface area contributed by atoms with Gasteiger partial charge in [0, 0.05) is 35.1 Å². The largest absolute Gasteiger partial charge is 0.343 e. The lowest BCUT2D eigenvalue weighted by Gasteiger charge is -2.36. The first-order chi connectivity index (χ1) is 12.1. The van der Waals surface area contributed by atoms with E-state index in [0.717, 1.165) is 35.1 Å². The molecule has 25 heavy (non-hydrogen) atoms. The van der Waals surface area contributed by atoms with Gasteiger partial charge in [0.2, 0.25) is 0 Å². The Morgan fingerprint density at radius 3 is 2.40 bits per heavy atom. The lowest BCUT2D eigenvalue weighted by molar-refractivity contribution is 0.0906. The first-order valence-electron chi connectivity index (χ1n) is 8.99. The predicted molar refractivity (Wildman–Crippen MR) is 96.3 cm³/mol. The number of carbonyl (C=O) groups excluding carboxylic acids is 1. The summed E-state index contributed by atoms with van der Waals surface area (Å²) < 4.78 is 0. The van der Waals surface area contributed by atoms with Crippen LogP contribution in [0.15, 0.2) is 36.9 Å². The van der Waals surface area contributed by atoms with Gasteiger partial charge in [0.25, 0.3) is 5.91 Å². The molecule has 2 bridgehead atoms. The average Bonchev–Trinajstić information content (AvgIpc) is 3.22. The van der Waals surface area contributed by atoms with Crippen molar-refractivity contribution in [1.82, 2.24) is 20.6 Å². The molecule has 0 radical (unpaired) electrons. The van der Waals surface area contributed by atoms with E-state index in [1.54, 1.807) is 0 Å². The van der Waals surface area contributed by atoms with Gasteiger partial charge in [-0.25, -0.2) is 9.97 Å². The summed E-state index contributed by atoms with van der Waals surface area (Å²) in [5.41, 5.74) is 3.66. The van der Waals surface area contributed by atoms with Gasteiger partial charge >= 0.3 is 0 Å². The molecule has 2 aliphatic heterocycles. The molecule has 4 rings (SSSR count). The molecule has 1 aromatic heterocycles. The molecular weight excluding hydrogens is 312 g/mol. The normalized spacial score (nSPS) is 25.8. The van der Waals surface area contributed by atoms with Crippen molar-refractivity contribution in [2.45, 2.75) is 57.2 Å². The third kappa shape index (κ3) is 2.82. The zero-order valence-electron chi connectivity index (χ0n) is 14.7. The number of nitrogens with one attached hydrogen (secondary N) is 2. The Labute approximate surface area is 148 Å². The van der Waals surface area contributed by atoms with Gasteiger partial charge in [0.05, 0.1) is 6.04 Å². The van der Waals surface area contributed by atoms with E-state index in [-0.39, 0.29) is 17.5 Å². The van der Waals surface area contributed by atoms with Gasteiger partial charge in [-0.2, -0.15) is 0 Å². The molecule has 3 heterocycles. The minimum atomic E-state index is -0.118. The molecule has 5 nitrogen and oxygen atoms in total. The summed E-state index contributed by atoms with van der Waals surface area (Å²) >= 11 is 0. The Morgan fingerprint density at radius 2 is 1.84 bits per heavy atom. The van der Waals surface area contributed by atoms with E-state index in [1.165, 1.54) is 19.2 Å². The highest BCUT2D eigenvalue weighted by Crippen LogP contribution is 2.45. The summed E-state index contributed by atoms with van der Waals surface area (Å²) in [6, 6.07) is 6.42. The fraction of sp³-hybridized carbons (Fsp3) is 0.450. The fourth-order valence-electron chi connectivity index (χ4n) is 4.58. The van der Waals surface area contributed by atoms with Crippen molar-refractivity contribution in [1.29, 1.82) is 0 Å². The topological polar surface area (TPSA) is 66.9 Å². The Bertz CT molecular complexity index is 761. The molecule has 1 aromatic carbocycles. The summed E-state index contributed by atoms with van der Waals surface area (Å²) in [5, 5.41) is 7.07. The molecule has 2 N–H and O–H groups in total. The number of hydrogen-bond acceptors (Lipinski definition) is 4. The molecule has 1 atom stereocenters. The molecule has 2 fully saturated rings. The van der Waals surface area contributed by atoms with E-state index in [1.807, 2.05) is 44.4 Å². The van der Waals surface area contributed by atoms with Crippen molar-refractivity contribution in [2.24, 2.45) is 0 Å². The Kier molecular flexibility index (Phi) is 4.04. The third-order valence-corrected chi connectivity index (χ3v) is 5.82. The van der Waals surface area contributed by atoms with Crippen molar-refractivity contribution in [3.05, 3.63) is 59.2 Å².